The molecule has 8 aromatic carbocycles. The molecule has 8 aromatic heterocycles. The van der Waals surface area contributed by atoms with Gasteiger partial charge < -0.3 is 30.6 Å². The smallest absolute Gasteiger partial charge is 0.478 e. The van der Waals surface area contributed by atoms with Gasteiger partial charge >= 0.3 is 21.6 Å². The molecule has 8 heterocycles. The van der Waals surface area contributed by atoms with E-state index in [1.54, 1.807) is 114 Å². The monoisotopic (exact) mass is 1620 g/mol. The van der Waals surface area contributed by atoms with E-state index >= 15 is 0 Å². The highest BCUT2D eigenvalue weighted by atomic mass is 32.2. The van der Waals surface area contributed by atoms with Gasteiger partial charge in [-0.15, -0.1) is 45.3 Å². The molecular formula is C77H59F7N16O6S5Si. The fraction of sp³-hybridized carbons (Fsp3) is 0.0909. The van der Waals surface area contributed by atoms with Gasteiger partial charge in [-0.05, 0) is 121 Å². The number of rotatable bonds is 19. The van der Waals surface area contributed by atoms with Crippen LogP contribution in [-0.4, -0.2) is 99.9 Å². The summed E-state index contributed by atoms with van der Waals surface area (Å²) in [6.45, 7) is 6.97. The standard InChI is InChI=1S/C18H10F4N4O3S2.C18H11FN4O2S.C18H11FN4OS.C17H11FN4S.C6H16Si/c19-11-2-1-3-12(7-11)25-17-24-9-10-6-13(16-23-4-5-30-16)15(8-14(10)26-17)29-31(27,28)18(20,21)22;19-11-2-1-3-12(7-11)22-18-21-9-10-6-13(16-20-4-5-26-16)14(17(24)25)8-15(10)23-18;19-13-2-1-3-14(8-13)22-18-21-9-11-6-15(17-20-4-5-25-17)12(10-24)7-16(11)23-18;18-13-2-1-3-14(9-13)21-17-20-10-12-8-11(4-5-15(12)22-17)16-19-6-7-23-16;1-4-7(5-2)6-3/h1-9H,(H,24,25,26);1-9H,(H,24,25)(H,21,22,23);1-10H,(H,21,22,23);1-10H,(H,20,21,22);7H,4-6H2,1-3H3. The van der Waals surface area contributed by atoms with Crippen molar-refractivity contribution in [3.63, 3.8) is 0 Å². The third kappa shape index (κ3) is 20.5. The molecule has 0 aliphatic rings. The second kappa shape index (κ2) is 36.3. The van der Waals surface area contributed by atoms with Gasteiger partial charge in [-0.3, -0.25) is 4.79 Å². The lowest BCUT2D eigenvalue weighted by molar-refractivity contribution is -0.0500. The van der Waals surface area contributed by atoms with E-state index in [9.17, 15) is 53.8 Å². The SMILES string of the molecule is CC[SiH](CC)CC.Fc1cccc(Nc2ncc3cc(-c4nccs4)ccc3n2)c1.O=C(O)c1cc2nc(Nc3cccc(F)c3)ncc2cc1-c1nccs1.O=Cc1cc2nc(Nc3cccc(F)c3)ncc2cc1-c1nccs1.O=S(=O)(Oc1cc2nc(Nc3cccc(F)c3)ncc2cc1-c1nccs1)C(F)(F)F. The minimum atomic E-state index is -5.92. The molecule has 0 saturated carbocycles. The summed E-state index contributed by atoms with van der Waals surface area (Å²) < 4.78 is 119. The molecular weight excluding hydrogens is 1570 g/mol. The number of carbonyl (C=O) groups excluding carboxylic acids is 1. The van der Waals surface area contributed by atoms with Gasteiger partial charge in [0.05, 0.1) is 33.2 Å². The summed E-state index contributed by atoms with van der Waals surface area (Å²) in [6, 6.07) is 43.2. The number of halogens is 7. The number of carbonyl (C=O) groups is 2. The Bertz CT molecular complexity index is 6080. The first-order chi connectivity index (χ1) is 54.1. The normalized spacial score (nSPS) is 11.1. The molecule has 35 heteroatoms. The number of hydrogen-bond acceptors (Lipinski definition) is 25. The van der Waals surface area contributed by atoms with Crippen LogP contribution in [0.3, 0.4) is 0 Å². The van der Waals surface area contributed by atoms with Crippen molar-refractivity contribution in [1.82, 2.24) is 59.8 Å². The largest absolute Gasteiger partial charge is 0.534 e. The van der Waals surface area contributed by atoms with Crippen molar-refractivity contribution >= 4 is 167 Å². The van der Waals surface area contributed by atoms with Crippen LogP contribution in [0.25, 0.3) is 85.9 Å². The van der Waals surface area contributed by atoms with Gasteiger partial charge in [0.1, 0.15) is 43.3 Å². The molecule has 112 heavy (non-hydrogen) atoms. The lowest BCUT2D eigenvalue weighted by atomic mass is 10.1. The molecule has 0 fully saturated rings. The zero-order valence-corrected chi connectivity index (χ0v) is 63.9. The van der Waals surface area contributed by atoms with Gasteiger partial charge in [-0.25, -0.2) is 82.2 Å². The van der Waals surface area contributed by atoms with Crippen molar-refractivity contribution in [2.75, 3.05) is 21.3 Å². The van der Waals surface area contributed by atoms with Crippen LogP contribution in [-0.2, 0) is 10.1 Å². The Morgan fingerprint density at radius 2 is 0.821 bits per heavy atom. The molecule has 0 atom stereocenters. The summed E-state index contributed by atoms with van der Waals surface area (Å²) in [4.78, 5) is 74.1. The van der Waals surface area contributed by atoms with Gasteiger partial charge in [0, 0.05) is 153 Å². The molecule has 566 valence electrons. The number of hydrogen-bond donors (Lipinski definition) is 5. The molecule has 16 aromatic rings. The third-order valence-corrected chi connectivity index (χ3v) is 24.0. The highest BCUT2D eigenvalue weighted by Crippen LogP contribution is 2.39. The number of benzene rings is 8. The molecule has 0 aliphatic carbocycles. The highest BCUT2D eigenvalue weighted by Gasteiger charge is 2.49. The first kappa shape index (κ1) is 79.0. The van der Waals surface area contributed by atoms with E-state index in [1.807, 2.05) is 35.0 Å². The Morgan fingerprint density at radius 1 is 0.455 bits per heavy atom. The van der Waals surface area contributed by atoms with Gasteiger partial charge in [0.2, 0.25) is 23.8 Å². The highest BCUT2D eigenvalue weighted by molar-refractivity contribution is 7.88. The zero-order chi connectivity index (χ0) is 78.9. The number of nitrogens with one attached hydrogen (secondary N) is 4. The topological polar surface area (TPSA) is 301 Å². The fourth-order valence-corrected chi connectivity index (χ4v) is 15.6. The van der Waals surface area contributed by atoms with Crippen LogP contribution in [0.1, 0.15) is 41.5 Å². The molecule has 0 radical (unpaired) electrons. The van der Waals surface area contributed by atoms with Gasteiger partial charge in [0.15, 0.2) is 12.0 Å². The van der Waals surface area contributed by atoms with Crippen molar-refractivity contribution < 1.29 is 58.0 Å². The lowest BCUT2D eigenvalue weighted by Gasteiger charge is -2.13. The van der Waals surface area contributed by atoms with Crippen LogP contribution < -0.4 is 25.5 Å². The number of aromatic nitrogens is 12. The minimum Gasteiger partial charge on any atom is -0.478 e. The second-order valence-electron chi connectivity index (χ2n) is 23.8. The molecule has 0 saturated heterocycles. The predicted molar refractivity (Wildman–Crippen MR) is 428 cm³/mol. The average molecular weight is 1630 g/mol. The number of aldehydes is 1. The molecule has 0 amide bonds. The van der Waals surface area contributed by atoms with Crippen molar-refractivity contribution in [3.8, 4) is 48.0 Å². The molecule has 5 N–H and O–H groups in total. The number of anilines is 8. The summed E-state index contributed by atoms with van der Waals surface area (Å²) in [6.07, 6.45) is 13.7. The quantitative estimate of drug-likeness (QED) is 0.0165. The number of aromatic carboxylic acids is 1. The van der Waals surface area contributed by atoms with Crippen molar-refractivity contribution in [2.45, 2.75) is 44.4 Å². The van der Waals surface area contributed by atoms with Gasteiger partial charge in [-0.1, -0.05) is 63.2 Å². The Hall–Kier alpha value is -12.5. The number of carboxylic acid groups (broad SMARTS) is 1. The maximum atomic E-state index is 13.4. The minimum absolute atomic E-state index is 0.0183. The number of carboxylic acids is 1. The summed E-state index contributed by atoms with van der Waals surface area (Å²) in [7, 11) is -6.09. The molecule has 0 spiro atoms. The van der Waals surface area contributed by atoms with E-state index in [2.05, 4.69) is 106 Å². The Kier molecular flexibility index (Phi) is 25.6. The van der Waals surface area contributed by atoms with Crippen molar-refractivity contribution in [3.05, 3.63) is 257 Å². The summed E-state index contributed by atoms with van der Waals surface area (Å²) in [5, 5.41) is 33.7. The molecule has 22 nitrogen and oxygen atoms in total. The van der Waals surface area contributed by atoms with E-state index in [0.29, 0.717) is 72.6 Å². The maximum Gasteiger partial charge on any atom is 0.534 e. The fourth-order valence-electron chi connectivity index (χ4n) is 10.8. The van der Waals surface area contributed by atoms with Crippen LogP contribution >= 0.6 is 45.3 Å². The van der Waals surface area contributed by atoms with E-state index in [4.69, 9.17) is 0 Å². The third-order valence-electron chi connectivity index (χ3n) is 16.3. The van der Waals surface area contributed by atoms with E-state index in [0.717, 1.165) is 61.1 Å². The van der Waals surface area contributed by atoms with Crippen LogP contribution in [0.5, 0.6) is 5.75 Å². The number of fused-ring (bicyclic) bond motifs is 4. The van der Waals surface area contributed by atoms with Crippen LogP contribution in [0.15, 0.2) is 223 Å². The number of nitrogens with zero attached hydrogens (tertiary/aromatic N) is 12. The summed E-state index contributed by atoms with van der Waals surface area (Å²) in [5.41, 5.74) is 1.38. The van der Waals surface area contributed by atoms with E-state index < -0.39 is 33.2 Å². The number of alkyl halides is 3. The van der Waals surface area contributed by atoms with Gasteiger partial charge in [-0.2, -0.15) is 21.6 Å². The predicted octanol–water partition coefficient (Wildman–Crippen LogP) is 20.6. The summed E-state index contributed by atoms with van der Waals surface area (Å²) in [5.74, 6) is -2.13. The first-order valence-corrected chi connectivity index (χ1v) is 41.0. The molecule has 16 rings (SSSR count). The maximum absolute atomic E-state index is 13.4. The number of thiazole rings is 4. The van der Waals surface area contributed by atoms with Crippen molar-refractivity contribution in [2.24, 2.45) is 0 Å². The first-order valence-electron chi connectivity index (χ1n) is 33.7. The Morgan fingerprint density at radius 3 is 1.20 bits per heavy atom. The van der Waals surface area contributed by atoms with Crippen LogP contribution in [0, 0.1) is 23.3 Å². The second-order valence-corrected chi connectivity index (χ2v) is 33.1. The summed E-state index contributed by atoms with van der Waals surface area (Å²) >= 11 is 5.49. The van der Waals surface area contributed by atoms with Gasteiger partial charge in [0.25, 0.3) is 0 Å². The Labute approximate surface area is 651 Å². The molecule has 0 unspecified atom stereocenters. The lowest BCUT2D eigenvalue weighted by Crippen LogP contribution is -2.28. The zero-order valence-electron chi connectivity index (χ0n) is 58.7. The molecule has 0 bridgehead atoms. The van der Waals surface area contributed by atoms with E-state index in [1.165, 1.54) is 120 Å². The van der Waals surface area contributed by atoms with E-state index in [-0.39, 0.29) is 59.8 Å². The Balaban J connectivity index is 0.000000135. The van der Waals surface area contributed by atoms with Crippen LogP contribution in [0.4, 0.5) is 77.3 Å². The average Bonchev–Trinajstić information content (AvgIpc) is 1.12. The van der Waals surface area contributed by atoms with Crippen molar-refractivity contribution in [1.29, 1.82) is 0 Å². The van der Waals surface area contributed by atoms with Crippen LogP contribution in [0.2, 0.25) is 18.1 Å². The molecule has 0 aliphatic heterocycles.